The molecule has 59 heavy (non-hydrogen) atoms. The molecule has 0 bridgehead atoms. The number of Topliss-reactive ketones (excluding diaryl/α,β-unsaturated/α-hetero) is 1. The van der Waals surface area contributed by atoms with Crippen molar-refractivity contribution in [1.29, 1.82) is 0 Å². The van der Waals surface area contributed by atoms with Gasteiger partial charge in [-0.1, -0.05) is 160 Å². The monoisotopic (exact) mass is 851 g/mol. The number of ketones is 1. The van der Waals surface area contributed by atoms with Crippen LogP contribution in [-0.4, -0.2) is 86.2 Å². The molecule has 0 spiro atoms. The molecule has 0 saturated heterocycles. The van der Waals surface area contributed by atoms with Gasteiger partial charge < -0.3 is 32.9 Å². The van der Waals surface area contributed by atoms with Crippen molar-refractivity contribution in [1.82, 2.24) is 0 Å². The summed E-state index contributed by atoms with van der Waals surface area (Å²) in [4.78, 5) is 13.8. The Labute approximate surface area is 360 Å². The zero-order valence-corrected chi connectivity index (χ0v) is 40.8. The highest BCUT2D eigenvalue weighted by atomic mass is 28.4. The van der Waals surface area contributed by atoms with Gasteiger partial charge in [0.2, 0.25) is 0 Å². The van der Waals surface area contributed by atoms with Crippen LogP contribution in [0.15, 0.2) is 91.0 Å². The quantitative estimate of drug-likeness (QED) is 0.0513. The Morgan fingerprint density at radius 1 is 0.729 bits per heavy atom. The molecule has 0 radical (unpaired) electrons. The Bertz CT molecular complexity index is 1590. The Kier molecular flexibility index (Phi) is 19.9. The maximum absolute atomic E-state index is 13.8. The molecular weight excluding hydrogens is 773 g/mol. The van der Waals surface area contributed by atoms with E-state index in [2.05, 4.69) is 129 Å². The lowest BCUT2D eigenvalue weighted by molar-refractivity contribution is -0.148. The summed E-state index contributed by atoms with van der Waals surface area (Å²) in [6.45, 7) is 27.9. The topological polar surface area (TPSA) is 92.7 Å². The van der Waals surface area contributed by atoms with Crippen molar-refractivity contribution in [2.75, 3.05) is 34.2 Å². The van der Waals surface area contributed by atoms with Crippen LogP contribution in [0.3, 0.4) is 0 Å². The van der Waals surface area contributed by atoms with Gasteiger partial charge in [0, 0.05) is 57.5 Å². The Morgan fingerprint density at radius 2 is 1.25 bits per heavy atom. The van der Waals surface area contributed by atoms with E-state index >= 15 is 0 Å². The van der Waals surface area contributed by atoms with E-state index in [1.807, 2.05) is 44.2 Å². The normalized spacial score (nSPS) is 17.1. The lowest BCUT2D eigenvalue weighted by Crippen LogP contribution is -2.67. The van der Waals surface area contributed by atoms with Crippen molar-refractivity contribution in [3.63, 3.8) is 0 Å². The van der Waals surface area contributed by atoms with Gasteiger partial charge >= 0.3 is 0 Å². The summed E-state index contributed by atoms with van der Waals surface area (Å²) < 4.78 is 38.5. The van der Waals surface area contributed by atoms with Crippen LogP contribution in [0.4, 0.5) is 0 Å². The van der Waals surface area contributed by atoms with E-state index < -0.39 is 40.7 Å². The maximum atomic E-state index is 13.8. The van der Waals surface area contributed by atoms with Gasteiger partial charge in [-0.15, -0.1) is 0 Å². The summed E-state index contributed by atoms with van der Waals surface area (Å²) in [5.74, 6) is -1.14. The average molecular weight is 851 g/mol. The fraction of sp³-hybridized carbons (Fsp3) is 0.612. The van der Waals surface area contributed by atoms with E-state index in [1.165, 1.54) is 10.4 Å². The molecule has 0 amide bonds. The second-order valence-electron chi connectivity index (χ2n) is 19.2. The number of hydrogen-bond acceptors (Lipinski definition) is 8. The first kappa shape index (κ1) is 50.8. The van der Waals surface area contributed by atoms with Crippen molar-refractivity contribution in [3.05, 3.63) is 96.6 Å². The third kappa shape index (κ3) is 13.7. The van der Waals surface area contributed by atoms with Crippen LogP contribution in [0.5, 0.6) is 0 Å². The standard InChI is InChI=1S/C49H78O8Si2/c1-36(33-56-59(49(8,9)10,41-26-20-16-21-27-41)42-28-22-17-23-29-42)46(57-58(13,14)48(5,6)7)39(4)47(55-35-52-11)38(3)44(51)32-43(50)37(2)45(53-12)30-31-54-34-40-24-18-15-19-25-40/h15-29,36-39,44-47,51H,30-35H2,1-14H3/t36-,37-,38+,39-,44+,45-,46+,47+/m1/s1. The first-order valence-corrected chi connectivity index (χ1v) is 26.4. The molecule has 3 rings (SSSR count). The van der Waals surface area contributed by atoms with E-state index in [9.17, 15) is 9.90 Å². The van der Waals surface area contributed by atoms with E-state index in [0.29, 0.717) is 26.2 Å². The highest BCUT2D eigenvalue weighted by molar-refractivity contribution is 6.99. The molecule has 0 heterocycles. The smallest absolute Gasteiger partial charge is 0.261 e. The lowest BCUT2D eigenvalue weighted by Gasteiger charge is -2.47. The first-order valence-electron chi connectivity index (χ1n) is 21.6. The second kappa shape index (κ2) is 23.1. The predicted octanol–water partition coefficient (Wildman–Crippen LogP) is 9.43. The van der Waals surface area contributed by atoms with Crippen LogP contribution in [0.25, 0.3) is 0 Å². The van der Waals surface area contributed by atoms with Crippen molar-refractivity contribution < 1.29 is 37.7 Å². The SMILES string of the molecule is COCO[C@@H]([C@@H](C)[C@@H](O)CC(=O)[C@@H](C)[C@@H](CCOCc1ccccc1)OC)[C@H](C)[C@@H](O[Si](C)(C)C(C)(C)C)[C@H](C)CO[Si](c1ccccc1)(c1ccccc1)C(C)(C)C. The van der Waals surface area contributed by atoms with Crippen LogP contribution < -0.4 is 10.4 Å². The number of aliphatic hydroxyl groups excluding tert-OH is 1. The van der Waals surface area contributed by atoms with Crippen molar-refractivity contribution in [2.24, 2.45) is 23.7 Å². The number of rotatable bonds is 25. The van der Waals surface area contributed by atoms with Gasteiger partial charge in [0.25, 0.3) is 8.32 Å². The van der Waals surface area contributed by atoms with Crippen LogP contribution in [-0.2, 0) is 39.2 Å². The summed E-state index contributed by atoms with van der Waals surface area (Å²) in [6, 6.07) is 31.4. The zero-order valence-electron chi connectivity index (χ0n) is 38.8. The van der Waals surface area contributed by atoms with Crippen LogP contribution in [0, 0.1) is 23.7 Å². The molecular formula is C49H78O8Si2. The molecule has 0 aliphatic carbocycles. The number of carbonyl (C=O) groups excluding carboxylic acids is 1. The summed E-state index contributed by atoms with van der Waals surface area (Å²) in [5.41, 5.74) is 1.10. The lowest BCUT2D eigenvalue weighted by atomic mass is 9.80. The Balaban J connectivity index is 1.89. The Hall–Kier alpha value is -2.52. The van der Waals surface area contributed by atoms with Gasteiger partial charge in [-0.25, -0.2) is 0 Å². The van der Waals surface area contributed by atoms with Crippen LogP contribution in [0.1, 0.15) is 87.6 Å². The van der Waals surface area contributed by atoms with Gasteiger partial charge in [0.05, 0.1) is 31.0 Å². The minimum atomic E-state index is -2.84. The van der Waals surface area contributed by atoms with Crippen molar-refractivity contribution in [2.45, 2.75) is 136 Å². The third-order valence-electron chi connectivity index (χ3n) is 12.8. The fourth-order valence-corrected chi connectivity index (χ4v) is 14.2. The first-order chi connectivity index (χ1) is 27.7. The molecule has 0 unspecified atom stereocenters. The van der Waals surface area contributed by atoms with Crippen molar-refractivity contribution in [3.8, 4) is 0 Å². The van der Waals surface area contributed by atoms with Crippen LogP contribution in [0.2, 0.25) is 23.2 Å². The number of hydrogen-bond donors (Lipinski definition) is 1. The minimum absolute atomic E-state index is 0.0209. The molecule has 0 fully saturated rings. The summed E-state index contributed by atoms with van der Waals surface area (Å²) in [7, 11) is -1.94. The second-order valence-corrected chi connectivity index (χ2v) is 28.2. The molecule has 10 heteroatoms. The van der Waals surface area contributed by atoms with Gasteiger partial charge in [-0.3, -0.25) is 4.79 Å². The van der Waals surface area contributed by atoms with Gasteiger partial charge in [-0.2, -0.15) is 0 Å². The molecule has 8 atom stereocenters. The van der Waals surface area contributed by atoms with E-state index in [1.54, 1.807) is 14.2 Å². The third-order valence-corrected chi connectivity index (χ3v) is 22.2. The molecule has 330 valence electrons. The molecule has 8 nitrogen and oxygen atoms in total. The molecule has 0 aliphatic rings. The number of ether oxygens (including phenoxy) is 4. The number of benzene rings is 3. The maximum Gasteiger partial charge on any atom is 0.261 e. The number of methoxy groups -OCH3 is 2. The number of carbonyl (C=O) groups is 1. The highest BCUT2D eigenvalue weighted by Gasteiger charge is 2.51. The summed E-state index contributed by atoms with van der Waals surface area (Å²) >= 11 is 0. The number of aliphatic hydroxyl groups is 1. The molecule has 1 N–H and O–H groups in total. The van der Waals surface area contributed by atoms with E-state index in [0.717, 1.165) is 5.56 Å². The molecule has 0 aliphatic heterocycles. The molecule has 0 aromatic heterocycles. The van der Waals surface area contributed by atoms with Crippen molar-refractivity contribution >= 4 is 32.8 Å². The predicted molar refractivity (Wildman–Crippen MR) is 246 cm³/mol. The minimum Gasteiger partial charge on any atom is -0.413 e. The molecule has 0 saturated carbocycles. The van der Waals surface area contributed by atoms with Gasteiger partial charge in [0.15, 0.2) is 8.32 Å². The molecule has 3 aromatic carbocycles. The largest absolute Gasteiger partial charge is 0.413 e. The molecule has 3 aromatic rings. The summed E-state index contributed by atoms with van der Waals surface area (Å²) in [6.07, 6.45) is -1.51. The van der Waals surface area contributed by atoms with Crippen LogP contribution >= 0.6 is 0 Å². The van der Waals surface area contributed by atoms with E-state index in [4.69, 9.17) is 27.8 Å². The summed E-state index contributed by atoms with van der Waals surface area (Å²) in [5, 5.41) is 14.1. The van der Waals surface area contributed by atoms with E-state index in [-0.39, 0.29) is 53.1 Å². The average Bonchev–Trinajstić information content (AvgIpc) is 3.20. The zero-order chi connectivity index (χ0) is 44.0. The highest BCUT2D eigenvalue weighted by Crippen LogP contribution is 2.42. The van der Waals surface area contributed by atoms with Gasteiger partial charge in [-0.05, 0) is 45.5 Å². The van der Waals surface area contributed by atoms with Gasteiger partial charge in [0.1, 0.15) is 12.6 Å². The fourth-order valence-electron chi connectivity index (χ4n) is 8.03. The Morgan fingerprint density at radius 3 is 1.73 bits per heavy atom.